The fourth-order valence-electron chi connectivity index (χ4n) is 1.52. The van der Waals surface area contributed by atoms with Crippen LogP contribution in [-0.4, -0.2) is 0 Å². The highest BCUT2D eigenvalue weighted by Crippen LogP contribution is 2.36. The van der Waals surface area contributed by atoms with E-state index in [1.54, 1.807) is 0 Å². The van der Waals surface area contributed by atoms with Crippen LogP contribution in [0.3, 0.4) is 0 Å². The molecule has 0 spiro atoms. The van der Waals surface area contributed by atoms with Crippen LogP contribution in [0.4, 0.5) is 0 Å². The quantitative estimate of drug-likeness (QED) is 0.501. The molecule has 2 unspecified atom stereocenters. The standard InChI is InChI=1S/C11H17/c1-5-11(4)8-9(2)6-7-10(11)3/h5-8,10H,1-4H3/q+1. The molecule has 1 aliphatic carbocycles. The lowest BCUT2D eigenvalue weighted by Gasteiger charge is -2.25. The fourth-order valence-corrected chi connectivity index (χ4v) is 1.52. The predicted octanol–water partition coefficient (Wildman–Crippen LogP) is 3.37. The minimum atomic E-state index is 0.277. The van der Waals surface area contributed by atoms with Crippen molar-refractivity contribution in [3.05, 3.63) is 30.2 Å². The Balaban J connectivity index is 2.89. The molecule has 60 valence electrons. The Morgan fingerprint density at radius 1 is 1.55 bits per heavy atom. The van der Waals surface area contributed by atoms with Gasteiger partial charge in [0.25, 0.3) is 0 Å². The van der Waals surface area contributed by atoms with Crippen molar-refractivity contribution in [2.75, 3.05) is 0 Å². The molecule has 0 aliphatic heterocycles. The Bertz CT molecular complexity index is 198. The van der Waals surface area contributed by atoms with E-state index >= 15 is 0 Å². The Morgan fingerprint density at radius 2 is 2.18 bits per heavy atom. The van der Waals surface area contributed by atoms with E-state index in [0.717, 1.165) is 0 Å². The van der Waals surface area contributed by atoms with Gasteiger partial charge < -0.3 is 0 Å². The summed E-state index contributed by atoms with van der Waals surface area (Å²) in [4.78, 5) is 0. The average Bonchev–Trinajstić information content (AvgIpc) is 1.98. The first kappa shape index (κ1) is 8.45. The minimum Gasteiger partial charge on any atom is -0.0763 e. The molecule has 1 aliphatic rings. The van der Waals surface area contributed by atoms with Crippen molar-refractivity contribution in [1.29, 1.82) is 0 Å². The summed E-state index contributed by atoms with van der Waals surface area (Å²) in [6.45, 7) is 8.84. The normalized spacial score (nSPS) is 36.7. The maximum absolute atomic E-state index is 2.34. The molecule has 2 atom stereocenters. The first-order valence-corrected chi connectivity index (χ1v) is 4.26. The molecule has 0 saturated heterocycles. The summed E-state index contributed by atoms with van der Waals surface area (Å²) >= 11 is 0. The molecule has 0 N–H and O–H groups in total. The zero-order valence-corrected chi connectivity index (χ0v) is 7.89. The zero-order chi connectivity index (χ0) is 8.48. The average molecular weight is 149 g/mol. The van der Waals surface area contributed by atoms with Gasteiger partial charge in [0.2, 0.25) is 0 Å². The summed E-state index contributed by atoms with van der Waals surface area (Å²) in [6, 6.07) is 0. The van der Waals surface area contributed by atoms with Gasteiger partial charge in [0, 0.05) is 5.92 Å². The highest BCUT2D eigenvalue weighted by atomic mass is 14.3. The summed E-state index contributed by atoms with van der Waals surface area (Å²) in [6.07, 6.45) is 9.12. The smallest absolute Gasteiger partial charge is 0.0763 e. The van der Waals surface area contributed by atoms with E-state index in [1.165, 1.54) is 5.57 Å². The van der Waals surface area contributed by atoms with Crippen molar-refractivity contribution in [3.63, 3.8) is 0 Å². The van der Waals surface area contributed by atoms with Gasteiger partial charge in [0.05, 0.1) is 13.3 Å². The monoisotopic (exact) mass is 149 g/mol. The van der Waals surface area contributed by atoms with Crippen LogP contribution in [-0.2, 0) is 0 Å². The third-order valence-corrected chi connectivity index (χ3v) is 2.79. The molecular weight excluding hydrogens is 132 g/mol. The van der Waals surface area contributed by atoms with Gasteiger partial charge >= 0.3 is 0 Å². The van der Waals surface area contributed by atoms with Crippen molar-refractivity contribution in [3.8, 4) is 0 Å². The molecule has 0 nitrogen and oxygen atoms in total. The van der Waals surface area contributed by atoms with Crippen LogP contribution >= 0.6 is 0 Å². The molecular formula is C11H17+. The zero-order valence-electron chi connectivity index (χ0n) is 7.89. The molecule has 0 fully saturated rings. The molecule has 0 saturated carbocycles. The molecule has 11 heavy (non-hydrogen) atoms. The summed E-state index contributed by atoms with van der Waals surface area (Å²) in [5.74, 6) is 0.635. The van der Waals surface area contributed by atoms with Gasteiger partial charge in [-0.2, -0.15) is 0 Å². The van der Waals surface area contributed by atoms with Crippen molar-refractivity contribution < 1.29 is 0 Å². The lowest BCUT2D eigenvalue weighted by atomic mass is 9.72. The molecule has 1 rings (SSSR count). The van der Waals surface area contributed by atoms with E-state index in [4.69, 9.17) is 0 Å². The second kappa shape index (κ2) is 2.77. The topological polar surface area (TPSA) is 0 Å². The molecule has 0 radical (unpaired) electrons. The maximum Gasteiger partial charge on any atom is 0.129 e. The van der Waals surface area contributed by atoms with E-state index < -0.39 is 0 Å². The van der Waals surface area contributed by atoms with Crippen LogP contribution in [0, 0.1) is 17.8 Å². The third kappa shape index (κ3) is 1.50. The Morgan fingerprint density at radius 3 is 2.64 bits per heavy atom. The van der Waals surface area contributed by atoms with E-state index in [-0.39, 0.29) is 5.41 Å². The molecule has 0 heteroatoms. The van der Waals surface area contributed by atoms with Crippen LogP contribution < -0.4 is 0 Å². The van der Waals surface area contributed by atoms with Crippen molar-refractivity contribution in [2.45, 2.75) is 27.7 Å². The molecule has 0 aromatic carbocycles. The van der Waals surface area contributed by atoms with Crippen molar-refractivity contribution in [1.82, 2.24) is 0 Å². The highest BCUT2D eigenvalue weighted by Gasteiger charge is 2.34. The summed E-state index contributed by atoms with van der Waals surface area (Å²) in [7, 11) is 0. The Labute approximate surface area is 70.0 Å². The lowest BCUT2D eigenvalue weighted by molar-refractivity contribution is 0.383. The largest absolute Gasteiger partial charge is 0.129 e. The Kier molecular flexibility index (Phi) is 2.12. The van der Waals surface area contributed by atoms with E-state index in [2.05, 4.69) is 52.3 Å². The van der Waals surface area contributed by atoms with Crippen LogP contribution in [0.2, 0.25) is 0 Å². The number of rotatable bonds is 1. The van der Waals surface area contributed by atoms with Gasteiger partial charge in [-0.15, -0.1) is 0 Å². The SMILES string of the molecule is C[CH+]C1(C)C=C(C)C=CC1C. The van der Waals surface area contributed by atoms with E-state index in [9.17, 15) is 0 Å². The molecule has 0 heterocycles. The number of hydrogen-bond donors (Lipinski definition) is 0. The second-order valence-electron chi connectivity index (χ2n) is 3.69. The van der Waals surface area contributed by atoms with Gasteiger partial charge in [-0.3, -0.25) is 0 Å². The van der Waals surface area contributed by atoms with E-state index in [0.29, 0.717) is 5.92 Å². The van der Waals surface area contributed by atoms with Crippen molar-refractivity contribution in [2.24, 2.45) is 11.3 Å². The lowest BCUT2D eigenvalue weighted by Crippen LogP contribution is -2.23. The molecule has 0 bridgehead atoms. The van der Waals surface area contributed by atoms with Gasteiger partial charge in [-0.1, -0.05) is 24.6 Å². The Hall–Kier alpha value is -0.650. The first-order valence-electron chi connectivity index (χ1n) is 4.26. The second-order valence-corrected chi connectivity index (χ2v) is 3.69. The van der Waals surface area contributed by atoms with Gasteiger partial charge in [0.15, 0.2) is 0 Å². The number of allylic oxidation sites excluding steroid dienone is 4. The van der Waals surface area contributed by atoms with Crippen LogP contribution in [0.15, 0.2) is 23.8 Å². The van der Waals surface area contributed by atoms with Crippen LogP contribution in [0.25, 0.3) is 0 Å². The van der Waals surface area contributed by atoms with Gasteiger partial charge in [-0.05, 0) is 19.9 Å². The number of hydrogen-bond acceptors (Lipinski definition) is 0. The fraction of sp³-hybridized carbons (Fsp3) is 0.545. The third-order valence-electron chi connectivity index (χ3n) is 2.79. The van der Waals surface area contributed by atoms with Crippen molar-refractivity contribution >= 4 is 0 Å². The molecule has 0 aromatic rings. The minimum absolute atomic E-state index is 0.277. The highest BCUT2D eigenvalue weighted by molar-refractivity contribution is 5.28. The molecule has 0 amide bonds. The van der Waals surface area contributed by atoms with E-state index in [1.807, 2.05) is 0 Å². The first-order chi connectivity index (χ1) is 5.08. The summed E-state index contributed by atoms with van der Waals surface area (Å²) in [5, 5.41) is 0. The summed E-state index contributed by atoms with van der Waals surface area (Å²) in [5.41, 5.74) is 1.66. The van der Waals surface area contributed by atoms with Crippen LogP contribution in [0.1, 0.15) is 27.7 Å². The van der Waals surface area contributed by atoms with Gasteiger partial charge in [-0.25, -0.2) is 0 Å². The molecule has 0 aromatic heterocycles. The predicted molar refractivity (Wildman–Crippen MR) is 50.1 cm³/mol. The van der Waals surface area contributed by atoms with Gasteiger partial charge in [0.1, 0.15) is 5.41 Å². The van der Waals surface area contributed by atoms with Crippen LogP contribution in [0.5, 0.6) is 0 Å². The summed E-state index contributed by atoms with van der Waals surface area (Å²) < 4.78 is 0. The maximum atomic E-state index is 2.34.